The molecule has 2 aromatic carbocycles. The second-order valence-corrected chi connectivity index (χ2v) is 9.57. The molecule has 0 amide bonds. The first kappa shape index (κ1) is 22.5. The Morgan fingerprint density at radius 1 is 1.20 bits per heavy atom. The molecule has 0 aliphatic carbocycles. The van der Waals surface area contributed by atoms with Gasteiger partial charge in [0.15, 0.2) is 5.82 Å². The van der Waals surface area contributed by atoms with E-state index in [4.69, 9.17) is 15.9 Å². The summed E-state index contributed by atoms with van der Waals surface area (Å²) in [6.45, 7) is 5.57. The van der Waals surface area contributed by atoms with Gasteiger partial charge < -0.3 is 0 Å². The molecule has 158 valence electrons. The lowest BCUT2D eigenvalue weighted by Gasteiger charge is -2.12. The molecular weight excluding hydrogens is 492 g/mol. The Balaban J connectivity index is 1.85. The summed E-state index contributed by atoms with van der Waals surface area (Å²) in [5.41, 5.74) is 4.84. The molecule has 0 saturated carbocycles. The lowest BCUT2D eigenvalue weighted by Crippen LogP contribution is -2.30. The van der Waals surface area contributed by atoms with Crippen LogP contribution < -0.4 is 5.48 Å². The number of amidine groups is 1. The molecule has 3 aromatic rings. The standard InChI is InChI=1S/C20H20BrClN4O3S/c1-12(2)19(26-29-30(27,28)14-10-8-13(3)9-11-14)23-20-17(21)18(24-25-20)15-6-4-5-7-16(15)22/h4-12H,1-3H3,(H2,23,24,25,26). The Bertz CT molecular complexity index is 1180. The van der Waals surface area contributed by atoms with Crippen LogP contribution in [0.2, 0.25) is 5.02 Å². The highest BCUT2D eigenvalue weighted by Gasteiger charge is 2.19. The molecule has 0 fully saturated rings. The number of halogens is 2. The second kappa shape index (κ2) is 9.30. The van der Waals surface area contributed by atoms with Gasteiger partial charge >= 0.3 is 10.1 Å². The summed E-state index contributed by atoms with van der Waals surface area (Å²) in [6.07, 6.45) is 0. The van der Waals surface area contributed by atoms with Crippen LogP contribution in [0.4, 0.5) is 5.82 Å². The number of aliphatic imine (C=N–C) groups is 1. The van der Waals surface area contributed by atoms with Crippen molar-refractivity contribution in [1.29, 1.82) is 0 Å². The molecule has 0 bridgehead atoms. The SMILES string of the molecule is Cc1ccc(S(=O)(=O)ONC(=Nc2n[nH]c(-c3ccccc3Cl)c2Br)C(C)C)cc1. The number of aromatic nitrogens is 2. The van der Waals surface area contributed by atoms with E-state index in [-0.39, 0.29) is 10.8 Å². The van der Waals surface area contributed by atoms with E-state index in [9.17, 15) is 8.42 Å². The summed E-state index contributed by atoms with van der Waals surface area (Å²) in [7, 11) is -4.00. The second-order valence-electron chi connectivity index (χ2n) is 6.82. The number of benzene rings is 2. The fourth-order valence-corrected chi connectivity index (χ4v) is 3.94. The number of nitrogens with one attached hydrogen (secondary N) is 2. The Kier molecular flexibility index (Phi) is 6.97. The van der Waals surface area contributed by atoms with Gasteiger partial charge in [0.2, 0.25) is 0 Å². The molecule has 0 radical (unpaired) electrons. The smallest absolute Gasteiger partial charge is 0.274 e. The van der Waals surface area contributed by atoms with Gasteiger partial charge in [0.25, 0.3) is 0 Å². The minimum Gasteiger partial charge on any atom is -0.274 e. The predicted molar refractivity (Wildman–Crippen MR) is 121 cm³/mol. The number of nitrogens with zero attached hydrogens (tertiary/aromatic N) is 2. The maximum Gasteiger partial charge on any atom is 0.317 e. The minimum absolute atomic E-state index is 0.0469. The third kappa shape index (κ3) is 5.10. The number of hydrogen-bond acceptors (Lipinski definition) is 5. The fraction of sp³-hybridized carbons (Fsp3) is 0.200. The van der Waals surface area contributed by atoms with E-state index >= 15 is 0 Å². The lowest BCUT2D eigenvalue weighted by molar-refractivity contribution is 0.262. The van der Waals surface area contributed by atoms with Crippen molar-refractivity contribution in [3.05, 3.63) is 63.6 Å². The number of aryl methyl sites for hydroxylation is 1. The summed E-state index contributed by atoms with van der Waals surface area (Å²) >= 11 is 9.75. The average Bonchev–Trinajstić information content (AvgIpc) is 3.05. The van der Waals surface area contributed by atoms with Crippen molar-refractivity contribution in [2.24, 2.45) is 10.9 Å². The summed E-state index contributed by atoms with van der Waals surface area (Å²) in [5, 5.41) is 7.67. The Morgan fingerprint density at radius 2 is 1.87 bits per heavy atom. The number of H-pyrrole nitrogens is 1. The number of hydrogen-bond donors (Lipinski definition) is 2. The van der Waals surface area contributed by atoms with E-state index < -0.39 is 10.1 Å². The highest BCUT2D eigenvalue weighted by molar-refractivity contribution is 9.10. The Labute approximate surface area is 188 Å². The van der Waals surface area contributed by atoms with E-state index in [0.717, 1.165) is 11.1 Å². The van der Waals surface area contributed by atoms with E-state index in [1.807, 2.05) is 39.0 Å². The molecule has 1 aromatic heterocycles. The van der Waals surface area contributed by atoms with Gasteiger partial charge in [-0.15, -0.1) is 4.28 Å². The van der Waals surface area contributed by atoms with E-state index in [1.54, 1.807) is 18.2 Å². The van der Waals surface area contributed by atoms with E-state index in [1.165, 1.54) is 12.1 Å². The van der Waals surface area contributed by atoms with Crippen molar-refractivity contribution in [1.82, 2.24) is 15.7 Å². The van der Waals surface area contributed by atoms with Crippen LogP contribution in [-0.4, -0.2) is 24.5 Å². The summed E-state index contributed by atoms with van der Waals surface area (Å²) < 4.78 is 30.5. The third-order valence-corrected chi connectivity index (χ3v) is 6.40. The highest BCUT2D eigenvalue weighted by Crippen LogP contribution is 2.36. The van der Waals surface area contributed by atoms with Gasteiger partial charge in [0.05, 0.1) is 15.1 Å². The zero-order valence-electron chi connectivity index (χ0n) is 16.5. The lowest BCUT2D eigenvalue weighted by atomic mass is 10.1. The molecule has 1 heterocycles. The number of hydroxylamine groups is 1. The monoisotopic (exact) mass is 510 g/mol. The van der Waals surface area contributed by atoms with Crippen LogP contribution in [0.25, 0.3) is 11.3 Å². The first-order valence-corrected chi connectivity index (χ1v) is 11.6. The summed E-state index contributed by atoms with van der Waals surface area (Å²) in [6, 6.07) is 13.7. The topological polar surface area (TPSA) is 96.4 Å². The maximum absolute atomic E-state index is 12.4. The third-order valence-electron chi connectivity index (χ3n) is 4.17. The molecule has 0 spiro atoms. The molecule has 2 N–H and O–H groups in total. The first-order valence-electron chi connectivity index (χ1n) is 9.02. The van der Waals surface area contributed by atoms with Gasteiger partial charge in [0.1, 0.15) is 5.84 Å². The van der Waals surface area contributed by atoms with Crippen LogP contribution >= 0.6 is 27.5 Å². The molecule has 10 heteroatoms. The number of aromatic amines is 1. The molecule has 3 rings (SSSR count). The molecule has 0 aliphatic rings. The van der Waals surface area contributed by atoms with Crippen LogP contribution in [0.5, 0.6) is 0 Å². The van der Waals surface area contributed by atoms with Crippen LogP contribution in [0.15, 0.2) is 62.9 Å². The van der Waals surface area contributed by atoms with Crippen molar-refractivity contribution in [3.63, 3.8) is 0 Å². The molecule has 7 nitrogen and oxygen atoms in total. The van der Waals surface area contributed by atoms with Gasteiger partial charge in [-0.05, 0) is 41.1 Å². The van der Waals surface area contributed by atoms with Crippen molar-refractivity contribution in [2.45, 2.75) is 25.7 Å². The van der Waals surface area contributed by atoms with Gasteiger partial charge in [-0.25, -0.2) is 10.5 Å². The molecule has 30 heavy (non-hydrogen) atoms. The van der Waals surface area contributed by atoms with Crippen LogP contribution in [0, 0.1) is 12.8 Å². The quantitative estimate of drug-likeness (QED) is 0.262. The zero-order valence-corrected chi connectivity index (χ0v) is 19.6. The average molecular weight is 512 g/mol. The van der Waals surface area contributed by atoms with Gasteiger partial charge in [-0.2, -0.15) is 13.5 Å². The Hall–Kier alpha value is -2.20. The van der Waals surface area contributed by atoms with Crippen molar-refractivity contribution >= 4 is 49.3 Å². The normalized spacial score (nSPS) is 12.4. The van der Waals surface area contributed by atoms with E-state index in [2.05, 4.69) is 36.6 Å². The maximum atomic E-state index is 12.4. The molecule has 0 unspecified atom stereocenters. The molecular formula is C20H20BrClN4O3S. The van der Waals surface area contributed by atoms with Crippen molar-refractivity contribution < 1.29 is 12.7 Å². The summed E-state index contributed by atoms with van der Waals surface area (Å²) in [5.74, 6) is 0.464. The van der Waals surface area contributed by atoms with Gasteiger partial charge in [-0.1, -0.05) is 61.3 Å². The zero-order chi connectivity index (χ0) is 21.9. The van der Waals surface area contributed by atoms with Gasteiger partial charge in [-0.3, -0.25) is 5.10 Å². The van der Waals surface area contributed by atoms with Crippen molar-refractivity contribution in [2.75, 3.05) is 0 Å². The largest absolute Gasteiger partial charge is 0.317 e. The molecule has 0 aliphatic heterocycles. The van der Waals surface area contributed by atoms with E-state index in [0.29, 0.717) is 26.8 Å². The first-order chi connectivity index (χ1) is 14.2. The summed E-state index contributed by atoms with van der Waals surface area (Å²) in [4.78, 5) is 4.48. The Morgan fingerprint density at radius 3 is 2.50 bits per heavy atom. The van der Waals surface area contributed by atoms with Crippen molar-refractivity contribution in [3.8, 4) is 11.3 Å². The van der Waals surface area contributed by atoms with Crippen LogP contribution in [0.3, 0.4) is 0 Å². The molecule has 0 atom stereocenters. The predicted octanol–water partition coefficient (Wildman–Crippen LogP) is 5.40. The highest BCUT2D eigenvalue weighted by atomic mass is 79.9. The molecule has 0 saturated heterocycles. The van der Waals surface area contributed by atoms with Crippen LogP contribution in [0.1, 0.15) is 19.4 Å². The van der Waals surface area contributed by atoms with Crippen LogP contribution in [-0.2, 0) is 14.4 Å². The number of rotatable bonds is 6. The minimum atomic E-state index is -4.00. The fourth-order valence-electron chi connectivity index (χ4n) is 2.47. The van der Waals surface area contributed by atoms with Gasteiger partial charge in [0, 0.05) is 16.5 Å².